The zero-order chi connectivity index (χ0) is 12.5. The second-order valence-corrected chi connectivity index (χ2v) is 10.4. The molecule has 1 atom stereocenters. The first kappa shape index (κ1) is 14.7. The first-order valence-electron chi connectivity index (χ1n) is 5.30. The molecule has 0 aliphatic heterocycles. The first-order chi connectivity index (χ1) is 8.26. The molecule has 0 aliphatic rings. The monoisotopic (exact) mass is 445 g/mol. The molecule has 1 aromatic rings. The van der Waals surface area contributed by atoms with Crippen molar-refractivity contribution in [3.05, 3.63) is 24.5 Å². The van der Waals surface area contributed by atoms with Crippen molar-refractivity contribution >= 4 is 20.0 Å². The fourth-order valence-electron chi connectivity index (χ4n) is 1.24. The van der Waals surface area contributed by atoms with Gasteiger partial charge in [0.25, 0.3) is 0 Å². The molecule has 2 amide bonds. The molecule has 2 N–H and O–H groups in total. The number of urea groups is 1. The van der Waals surface area contributed by atoms with Gasteiger partial charge in [-0.2, -0.15) is 0 Å². The molecule has 0 aromatic carbocycles. The number of methoxy groups -OCH3 is 1. The van der Waals surface area contributed by atoms with E-state index < -0.39 is 23.3 Å². The molecule has 0 spiro atoms. The normalized spacial score (nSPS) is 11.4. The quantitative estimate of drug-likeness (QED) is 0.659. The molecule has 0 radical (unpaired) electrons. The van der Waals surface area contributed by atoms with Gasteiger partial charge in [-0.25, -0.2) is 0 Å². The van der Waals surface area contributed by atoms with Crippen LogP contribution < -0.4 is 10.6 Å². The summed E-state index contributed by atoms with van der Waals surface area (Å²) in [4.78, 5) is 15.4. The number of hydrogen-bond donors (Lipinski definition) is 2. The van der Waals surface area contributed by atoms with Crippen LogP contribution in [0.3, 0.4) is 0 Å². The Hall–Kier alpha value is -0.395. The van der Waals surface area contributed by atoms with Gasteiger partial charge in [0.15, 0.2) is 0 Å². The summed E-state index contributed by atoms with van der Waals surface area (Å²) in [6.07, 6.45) is 3.27. The average Bonchev–Trinajstić information content (AvgIpc) is 2.35. The Morgan fingerprint density at radius 3 is 3.12 bits per heavy atom. The molecule has 0 saturated carbocycles. The van der Waals surface area contributed by atoms with E-state index in [4.69, 9.17) is 13.0 Å². The molecule has 0 bridgehead atoms. The Balaban J connectivity index is 2.30. The predicted octanol–water partition coefficient (Wildman–Crippen LogP) is 1.87. The van der Waals surface area contributed by atoms with E-state index in [0.717, 1.165) is 3.93 Å². The van der Waals surface area contributed by atoms with Crippen LogP contribution in [0.5, 0.6) is 0 Å². The van der Waals surface area contributed by atoms with Crippen LogP contribution in [0.25, 0.3) is 0 Å². The second kappa shape index (κ2) is 8.66. The molecular weight excluding hydrogens is 430 g/mol. The van der Waals surface area contributed by atoms with Gasteiger partial charge in [0.2, 0.25) is 0 Å². The van der Waals surface area contributed by atoms with E-state index >= 15 is 0 Å². The number of nitrogens with zero attached hydrogens (tertiary/aromatic N) is 1. The number of carbonyl (C=O) groups excluding carboxylic acids is 1. The molecule has 17 heavy (non-hydrogen) atoms. The van der Waals surface area contributed by atoms with Crippen LogP contribution in [0.2, 0.25) is 3.93 Å². The number of amides is 2. The van der Waals surface area contributed by atoms with Gasteiger partial charge < -0.3 is 0 Å². The number of hydrogen-bond acceptors (Lipinski definition) is 3. The molecule has 7 heteroatoms. The molecule has 90 valence electrons. The Kier molecular flexibility index (Phi) is 7.47. The minimum absolute atomic E-state index is 0.0359. The third kappa shape index (κ3) is 6.19. The third-order valence-electron chi connectivity index (χ3n) is 2.17. The summed E-state index contributed by atoms with van der Waals surface area (Å²) < 4.78 is 6.13. The van der Waals surface area contributed by atoms with Crippen molar-refractivity contribution in [3.63, 3.8) is 0 Å². The zero-order valence-corrected chi connectivity index (χ0v) is 15.9. The maximum atomic E-state index is 11.5. The van der Waals surface area contributed by atoms with Gasteiger partial charge >= 0.3 is 117 Å². The van der Waals surface area contributed by atoms with E-state index in [9.17, 15) is 4.79 Å². The van der Waals surface area contributed by atoms with E-state index in [1.807, 2.05) is 0 Å². The molecule has 5 nitrogen and oxygen atoms in total. The second-order valence-electron chi connectivity index (χ2n) is 3.41. The summed E-state index contributed by atoms with van der Waals surface area (Å²) in [5, 5.41) is 5.42. The Morgan fingerprint density at radius 1 is 1.71 bits per heavy atom. The van der Waals surface area contributed by atoms with Gasteiger partial charge in [-0.3, -0.25) is 0 Å². The SMILES string of the molecule is COC(CNC(=O)Nc1cccnc1)[CH2][Hg][Cl]. The number of anilines is 1. The molecule has 1 heterocycles. The third-order valence-corrected chi connectivity index (χ3v) is 7.44. The first-order valence-corrected chi connectivity index (χ1v) is 16.0. The van der Waals surface area contributed by atoms with Crippen molar-refractivity contribution < 1.29 is 32.9 Å². The average molecular weight is 444 g/mol. The van der Waals surface area contributed by atoms with Gasteiger partial charge in [-0.1, -0.05) is 0 Å². The summed E-state index contributed by atoms with van der Waals surface area (Å²) in [6.45, 7) is 0.481. The van der Waals surface area contributed by atoms with Crippen LogP contribution in [0, 0.1) is 0 Å². The van der Waals surface area contributed by atoms with Crippen molar-refractivity contribution in [2.24, 2.45) is 0 Å². The van der Waals surface area contributed by atoms with E-state index in [2.05, 4.69) is 15.6 Å². The van der Waals surface area contributed by atoms with Gasteiger partial charge in [-0.15, -0.1) is 0 Å². The standard InChI is InChI=1S/C10H14N3O2.ClH.Hg/c1-8(15-2)6-12-10(14)13-9-4-3-5-11-7-9;;/h3-5,7-8H,1,6H2,2H3,(H2,12,13,14);1H;/q;;+1/p-1. The van der Waals surface area contributed by atoms with Crippen molar-refractivity contribution in [1.82, 2.24) is 10.3 Å². The molecule has 0 fully saturated rings. The van der Waals surface area contributed by atoms with Crippen LogP contribution in [0.15, 0.2) is 24.5 Å². The summed E-state index contributed by atoms with van der Waals surface area (Å²) in [5.74, 6) is 0. The predicted molar refractivity (Wildman–Crippen MR) is 62.7 cm³/mol. The zero-order valence-electron chi connectivity index (χ0n) is 9.65. The number of carbonyl (C=O) groups is 1. The van der Waals surface area contributed by atoms with Gasteiger partial charge in [0.1, 0.15) is 0 Å². The van der Waals surface area contributed by atoms with Gasteiger partial charge in [0.05, 0.1) is 0 Å². The van der Waals surface area contributed by atoms with E-state index in [0.29, 0.717) is 12.2 Å². The van der Waals surface area contributed by atoms with Crippen LogP contribution in [-0.4, -0.2) is 30.8 Å². The fourth-order valence-corrected chi connectivity index (χ4v) is 6.04. The molecular formula is C10H14ClHgN3O2. The van der Waals surface area contributed by atoms with Crippen molar-refractivity contribution in [2.45, 2.75) is 10.0 Å². The molecule has 1 aromatic heterocycles. The molecule has 1 unspecified atom stereocenters. The van der Waals surface area contributed by atoms with Crippen LogP contribution in [0.1, 0.15) is 0 Å². The number of pyridine rings is 1. The van der Waals surface area contributed by atoms with Gasteiger partial charge in [-0.05, 0) is 0 Å². The summed E-state index contributed by atoms with van der Waals surface area (Å²) in [5.41, 5.74) is 0.663. The van der Waals surface area contributed by atoms with Crippen molar-refractivity contribution in [1.29, 1.82) is 0 Å². The number of ether oxygens (including phenoxy) is 1. The number of rotatable bonds is 6. The number of halogens is 1. The summed E-state index contributed by atoms with van der Waals surface area (Å²) in [6, 6.07) is 3.28. The number of nitrogens with one attached hydrogen (secondary N) is 2. The summed E-state index contributed by atoms with van der Waals surface area (Å²) >= 11 is -1.23. The Morgan fingerprint density at radius 2 is 2.53 bits per heavy atom. The van der Waals surface area contributed by atoms with Gasteiger partial charge in [0, 0.05) is 0 Å². The number of aromatic nitrogens is 1. The molecule has 0 aliphatic carbocycles. The Bertz CT molecular complexity index is 340. The topological polar surface area (TPSA) is 63.2 Å². The minimum atomic E-state index is -1.23. The fraction of sp³-hybridized carbons (Fsp3) is 0.400. The molecule has 1 rings (SSSR count). The van der Waals surface area contributed by atoms with Crippen LogP contribution in [0.4, 0.5) is 10.5 Å². The maximum absolute atomic E-state index is 11.5. The van der Waals surface area contributed by atoms with E-state index in [1.54, 1.807) is 31.6 Å². The van der Waals surface area contributed by atoms with E-state index in [1.165, 1.54) is 0 Å². The van der Waals surface area contributed by atoms with E-state index in [-0.39, 0.29) is 12.1 Å². The van der Waals surface area contributed by atoms with Crippen LogP contribution in [-0.2, 0) is 28.1 Å². The van der Waals surface area contributed by atoms with Crippen molar-refractivity contribution in [2.75, 3.05) is 19.0 Å². The Labute approximate surface area is 116 Å². The van der Waals surface area contributed by atoms with Crippen molar-refractivity contribution in [3.8, 4) is 0 Å². The molecule has 0 saturated heterocycles. The van der Waals surface area contributed by atoms with Crippen LogP contribution >= 0.6 is 8.25 Å². The summed E-state index contributed by atoms with van der Waals surface area (Å²) in [7, 11) is 7.46.